The molecule has 1 aliphatic carbocycles. The number of carbonyl (C=O) groups is 1. The molecule has 3 N–H and O–H groups in total. The summed E-state index contributed by atoms with van der Waals surface area (Å²) in [6.45, 7) is 3.10. The van der Waals surface area contributed by atoms with Gasteiger partial charge in [0, 0.05) is 29.9 Å². The van der Waals surface area contributed by atoms with Crippen LogP contribution in [0.25, 0.3) is 11.0 Å². The molecule has 1 aliphatic rings. The fourth-order valence-corrected chi connectivity index (χ4v) is 4.60. The number of non-ortho nitro benzene ring substituents is 1. The van der Waals surface area contributed by atoms with Crippen LogP contribution in [-0.4, -0.2) is 38.4 Å². The van der Waals surface area contributed by atoms with Crippen molar-refractivity contribution in [1.82, 2.24) is 0 Å². The molecule has 10 heteroatoms. The van der Waals surface area contributed by atoms with Gasteiger partial charge in [-0.15, -0.1) is 0 Å². The summed E-state index contributed by atoms with van der Waals surface area (Å²) in [5.41, 5.74) is -2.19. The maximum absolute atomic E-state index is 13.1. The van der Waals surface area contributed by atoms with Gasteiger partial charge in [-0.05, 0) is 37.1 Å². The number of hydrogen-bond acceptors (Lipinski definition) is 9. The number of nitro groups is 1. The van der Waals surface area contributed by atoms with Gasteiger partial charge in [-0.25, -0.2) is 4.79 Å². The maximum atomic E-state index is 13.1. The second-order valence-corrected chi connectivity index (χ2v) is 8.18. The first-order chi connectivity index (χ1) is 15.6. The number of rotatable bonds is 4. The lowest BCUT2D eigenvalue weighted by Gasteiger charge is -2.42. The average Bonchev–Trinajstić information content (AvgIpc) is 2.75. The molecule has 33 heavy (non-hydrogen) atoms. The lowest BCUT2D eigenvalue weighted by Crippen LogP contribution is -2.50. The van der Waals surface area contributed by atoms with Crippen molar-refractivity contribution in [3.05, 3.63) is 73.6 Å². The quantitative estimate of drug-likeness (QED) is 0.177. The number of benzene rings is 2. The molecule has 0 bridgehead atoms. The number of esters is 1. The molecule has 10 nitrogen and oxygen atoms in total. The summed E-state index contributed by atoms with van der Waals surface area (Å²) in [6.07, 6.45) is -0.137. The van der Waals surface area contributed by atoms with Crippen molar-refractivity contribution in [2.45, 2.75) is 31.8 Å². The Morgan fingerprint density at radius 2 is 1.91 bits per heavy atom. The minimum Gasteiger partial charge on any atom is -0.504 e. The van der Waals surface area contributed by atoms with E-state index in [1.165, 1.54) is 43.3 Å². The number of aromatic hydroxyl groups is 2. The third kappa shape index (κ3) is 3.58. The lowest BCUT2D eigenvalue weighted by molar-refractivity contribution is -0.384. The van der Waals surface area contributed by atoms with Gasteiger partial charge in [0.1, 0.15) is 0 Å². The Morgan fingerprint density at radius 1 is 1.24 bits per heavy atom. The number of carbonyl (C=O) groups excluding carboxylic acids is 1. The zero-order valence-corrected chi connectivity index (χ0v) is 17.8. The minimum atomic E-state index is -1.68. The molecule has 0 radical (unpaired) electrons. The zero-order valence-electron chi connectivity index (χ0n) is 17.8. The average molecular weight is 455 g/mol. The molecule has 3 atom stereocenters. The smallest absolute Gasteiger partial charge is 0.340 e. The van der Waals surface area contributed by atoms with E-state index in [1.54, 1.807) is 6.92 Å². The molecule has 1 aromatic heterocycles. The van der Waals surface area contributed by atoms with E-state index in [0.29, 0.717) is 11.1 Å². The summed E-state index contributed by atoms with van der Waals surface area (Å²) in [5, 5.41) is 42.8. The van der Waals surface area contributed by atoms with Crippen LogP contribution < -0.4 is 5.63 Å². The summed E-state index contributed by atoms with van der Waals surface area (Å²) >= 11 is 0. The Labute approximate surface area is 186 Å². The van der Waals surface area contributed by atoms with E-state index in [9.17, 15) is 35.0 Å². The first-order valence-electron chi connectivity index (χ1n) is 10.2. The Balaban J connectivity index is 2.05. The molecular weight excluding hydrogens is 434 g/mol. The Hall–Kier alpha value is -3.92. The predicted molar refractivity (Wildman–Crippen MR) is 115 cm³/mol. The van der Waals surface area contributed by atoms with E-state index in [1.807, 2.05) is 0 Å². The van der Waals surface area contributed by atoms with E-state index in [2.05, 4.69) is 0 Å². The van der Waals surface area contributed by atoms with Crippen LogP contribution in [0.4, 0.5) is 5.69 Å². The highest BCUT2D eigenvalue weighted by Gasteiger charge is 2.51. The fraction of sp³-hybridized carbons (Fsp3) is 0.304. The number of fused-ring (bicyclic) bond motifs is 3. The van der Waals surface area contributed by atoms with Crippen molar-refractivity contribution in [2.75, 3.05) is 6.61 Å². The summed E-state index contributed by atoms with van der Waals surface area (Å²) < 4.78 is 10.5. The largest absolute Gasteiger partial charge is 0.504 e. The van der Waals surface area contributed by atoms with Crippen molar-refractivity contribution in [3.63, 3.8) is 0 Å². The lowest BCUT2D eigenvalue weighted by atomic mass is 9.64. The molecule has 0 fully saturated rings. The van der Waals surface area contributed by atoms with Gasteiger partial charge < -0.3 is 24.5 Å². The van der Waals surface area contributed by atoms with Gasteiger partial charge in [-0.2, -0.15) is 0 Å². The molecule has 0 amide bonds. The second-order valence-electron chi connectivity index (χ2n) is 8.18. The van der Waals surface area contributed by atoms with Gasteiger partial charge in [-0.3, -0.25) is 14.9 Å². The van der Waals surface area contributed by atoms with Crippen molar-refractivity contribution in [3.8, 4) is 11.5 Å². The number of phenolic OH excluding ortho intramolecular Hbond substituents is 2. The maximum Gasteiger partial charge on any atom is 0.340 e. The van der Waals surface area contributed by atoms with Crippen LogP contribution in [0.15, 0.2) is 45.6 Å². The Bertz CT molecular complexity index is 1320. The summed E-state index contributed by atoms with van der Waals surface area (Å²) in [5.74, 6) is -4.09. The van der Waals surface area contributed by atoms with Crippen molar-refractivity contribution in [1.29, 1.82) is 0 Å². The monoisotopic (exact) mass is 455 g/mol. The topological polar surface area (TPSA) is 160 Å². The summed E-state index contributed by atoms with van der Waals surface area (Å²) in [7, 11) is 0. The van der Waals surface area contributed by atoms with Crippen LogP contribution in [0, 0.1) is 16.0 Å². The highest BCUT2D eigenvalue weighted by atomic mass is 16.6. The molecule has 172 valence electrons. The molecule has 0 saturated carbocycles. The molecule has 0 spiro atoms. The van der Waals surface area contributed by atoms with Gasteiger partial charge in [0.2, 0.25) is 5.75 Å². The van der Waals surface area contributed by atoms with E-state index >= 15 is 0 Å². The minimum absolute atomic E-state index is 0.0464. The number of hydrogen-bond donors (Lipinski definition) is 3. The molecule has 1 heterocycles. The van der Waals surface area contributed by atoms with Crippen LogP contribution in [0.3, 0.4) is 0 Å². The van der Waals surface area contributed by atoms with Gasteiger partial charge in [0.15, 0.2) is 11.3 Å². The van der Waals surface area contributed by atoms with Crippen LogP contribution in [0.5, 0.6) is 11.5 Å². The molecule has 0 saturated heterocycles. The van der Waals surface area contributed by atoms with Crippen molar-refractivity contribution in [2.24, 2.45) is 5.92 Å². The second kappa shape index (κ2) is 7.89. The number of nitrogens with zero attached hydrogens (tertiary/aromatic N) is 1. The third-order valence-electron chi connectivity index (χ3n) is 6.03. The normalized spacial score (nSPS) is 22.0. The number of ether oxygens (including phenoxy) is 1. The molecule has 4 rings (SSSR count). The number of nitro benzene ring substituents is 1. The van der Waals surface area contributed by atoms with E-state index in [4.69, 9.17) is 9.15 Å². The first-order valence-corrected chi connectivity index (χ1v) is 10.2. The Kier molecular flexibility index (Phi) is 5.33. The zero-order chi connectivity index (χ0) is 24.1. The van der Waals surface area contributed by atoms with E-state index in [-0.39, 0.29) is 35.2 Å². The predicted octanol–water partition coefficient (Wildman–Crippen LogP) is 2.73. The highest BCUT2D eigenvalue weighted by molar-refractivity contribution is 5.89. The molecule has 0 aliphatic heterocycles. The number of phenols is 2. The van der Waals surface area contributed by atoms with Crippen molar-refractivity contribution < 1.29 is 34.2 Å². The van der Waals surface area contributed by atoms with E-state index in [0.717, 1.165) is 0 Å². The fourth-order valence-electron chi connectivity index (χ4n) is 4.60. The summed E-state index contributed by atoms with van der Waals surface area (Å²) in [4.78, 5) is 36.6. The molecule has 2 aromatic carbocycles. The molecule has 3 aromatic rings. The molecular formula is C23H21NO9. The van der Waals surface area contributed by atoms with E-state index < -0.39 is 45.5 Å². The van der Waals surface area contributed by atoms with Crippen LogP contribution >= 0.6 is 0 Å². The Morgan fingerprint density at radius 3 is 2.52 bits per heavy atom. The third-order valence-corrected chi connectivity index (χ3v) is 6.03. The number of aliphatic hydroxyl groups is 1. The van der Waals surface area contributed by atoms with Crippen LogP contribution in [-0.2, 0) is 16.0 Å². The SMILES string of the molecule is CCOC(=O)C1C(c2ccc([N+](=O)[O-])cc2)c2c(c3ccc(O)c(O)c3oc2=O)CC1(C)O. The summed E-state index contributed by atoms with van der Waals surface area (Å²) in [6, 6.07) is 7.99. The van der Waals surface area contributed by atoms with Gasteiger partial charge in [-0.1, -0.05) is 12.1 Å². The standard InChI is InChI=1S/C23H21NO9/c1-3-32-22(28)18-16(11-4-6-12(7-5-11)24(30)31)17-14(10-23(18,2)29)13-8-9-15(25)19(26)20(13)33-21(17)27/h4-9,16,18,25-26,29H,3,10H2,1-2H3. The van der Waals surface area contributed by atoms with Crippen LogP contribution in [0.1, 0.15) is 36.5 Å². The van der Waals surface area contributed by atoms with Crippen molar-refractivity contribution >= 4 is 22.6 Å². The van der Waals surface area contributed by atoms with Gasteiger partial charge in [0.05, 0.1) is 28.6 Å². The highest BCUT2D eigenvalue weighted by Crippen LogP contribution is 2.48. The van der Waals surface area contributed by atoms with Gasteiger partial charge in [0.25, 0.3) is 5.69 Å². The van der Waals surface area contributed by atoms with Crippen LogP contribution in [0.2, 0.25) is 0 Å². The molecule has 3 unspecified atom stereocenters. The van der Waals surface area contributed by atoms with Gasteiger partial charge >= 0.3 is 11.6 Å². The first kappa shape index (κ1) is 22.3.